The third-order valence-corrected chi connectivity index (χ3v) is 5.35. The first-order valence-corrected chi connectivity index (χ1v) is 11.9. The van der Waals surface area contributed by atoms with Crippen LogP contribution in [-0.4, -0.2) is 66.8 Å². The molecule has 0 saturated heterocycles. The molecule has 0 saturated carbocycles. The van der Waals surface area contributed by atoms with Crippen LogP contribution < -0.4 is 19.7 Å². The highest BCUT2D eigenvalue weighted by atomic mass is 19.4. The van der Waals surface area contributed by atoms with Crippen molar-refractivity contribution in [2.75, 3.05) is 38.3 Å². The Balaban J connectivity index is 1.94. The molecule has 2 N–H and O–H groups in total. The molecule has 0 aliphatic heterocycles. The minimum Gasteiger partial charge on any atom is -0.460 e. The lowest BCUT2D eigenvalue weighted by atomic mass is 10.1. The fraction of sp³-hybridized carbons (Fsp3) is 0.346. The van der Waals surface area contributed by atoms with Gasteiger partial charge >= 0.3 is 6.36 Å². The zero-order valence-corrected chi connectivity index (χ0v) is 21.4. The quantitative estimate of drug-likeness (QED) is 0.234. The molecule has 0 bridgehead atoms. The van der Waals surface area contributed by atoms with Crippen molar-refractivity contribution < 1.29 is 42.1 Å². The number of carbonyl (C=O) groups is 2. The number of nitrogens with one attached hydrogen (secondary N) is 1. The van der Waals surface area contributed by atoms with Crippen molar-refractivity contribution in [1.29, 1.82) is 0 Å². The van der Waals surface area contributed by atoms with Crippen molar-refractivity contribution in [3.63, 3.8) is 0 Å². The van der Waals surface area contributed by atoms with Gasteiger partial charge in [0.25, 0.3) is 11.9 Å². The summed E-state index contributed by atoms with van der Waals surface area (Å²) in [5, 5.41) is 11.5. The van der Waals surface area contributed by atoms with Gasteiger partial charge in [-0.05, 0) is 30.2 Å². The molecule has 0 fully saturated rings. The lowest BCUT2D eigenvalue weighted by molar-refractivity contribution is -0.274. The largest absolute Gasteiger partial charge is 0.573 e. The van der Waals surface area contributed by atoms with Gasteiger partial charge in [-0.3, -0.25) is 14.2 Å². The molecular weight excluding hydrogens is 521 g/mol. The number of hydrogen-bond acceptors (Lipinski definition) is 7. The van der Waals surface area contributed by atoms with Gasteiger partial charge in [-0.25, -0.2) is 0 Å². The summed E-state index contributed by atoms with van der Waals surface area (Å²) in [5.74, 6) is -0.937. The molecule has 0 atom stereocenters. The maximum absolute atomic E-state index is 13.3. The van der Waals surface area contributed by atoms with E-state index in [0.717, 1.165) is 16.0 Å². The number of aryl methyl sites for hydroxylation is 1. The molecule has 1 heterocycles. The van der Waals surface area contributed by atoms with Crippen molar-refractivity contribution in [3.05, 3.63) is 70.9 Å². The van der Waals surface area contributed by atoms with Crippen LogP contribution in [0.15, 0.2) is 48.5 Å². The number of aliphatic hydroxyl groups is 1. The van der Waals surface area contributed by atoms with Gasteiger partial charge in [0.1, 0.15) is 12.4 Å². The summed E-state index contributed by atoms with van der Waals surface area (Å²) in [6.07, 6.45) is -4.36. The molecule has 0 aliphatic carbocycles. The zero-order chi connectivity index (χ0) is 28.4. The fourth-order valence-corrected chi connectivity index (χ4v) is 3.54. The van der Waals surface area contributed by atoms with Crippen molar-refractivity contribution >= 4 is 18.1 Å². The summed E-state index contributed by atoms with van der Waals surface area (Å²) in [7, 11) is 1.43. The lowest BCUT2D eigenvalue weighted by Gasteiger charge is -2.15. The molecule has 0 spiro atoms. The molecule has 0 aliphatic rings. The van der Waals surface area contributed by atoms with Crippen molar-refractivity contribution in [2.24, 2.45) is 0 Å². The number of carbonyl (C=O) groups excluding carboxylic acids is 2. The molecule has 2 aromatic carbocycles. The normalized spacial score (nSPS) is 11.2. The van der Waals surface area contributed by atoms with Gasteiger partial charge in [0.2, 0.25) is 6.41 Å². The Morgan fingerprint density at radius 2 is 1.90 bits per heavy atom. The average molecular weight is 551 g/mol. The standard InChI is InChI=1S/C26H29F3N4O6/c1-18-6-8-19(9-7-18)15-33-22(24(36)30-10-12-37-13-11-34)23(32(2)17-35)31-25(33)38-16-20-4-3-5-21(14-20)39-26(27,28)29/h3-9,14,17,34H,10-13,15-16H2,1-2H3,(H,30,36). The monoisotopic (exact) mass is 550 g/mol. The van der Waals surface area contributed by atoms with Gasteiger partial charge in [-0.15, -0.1) is 13.2 Å². The van der Waals surface area contributed by atoms with Crippen LogP contribution in [0, 0.1) is 6.92 Å². The number of benzene rings is 2. The summed E-state index contributed by atoms with van der Waals surface area (Å²) in [4.78, 5) is 30.4. The Kier molecular flexibility index (Phi) is 10.3. The number of nitrogens with zero attached hydrogens (tertiary/aromatic N) is 3. The van der Waals surface area contributed by atoms with Gasteiger partial charge < -0.3 is 29.5 Å². The second-order valence-electron chi connectivity index (χ2n) is 8.43. The van der Waals surface area contributed by atoms with Crippen molar-refractivity contribution in [1.82, 2.24) is 14.9 Å². The third-order valence-electron chi connectivity index (χ3n) is 5.35. The maximum atomic E-state index is 13.3. The summed E-state index contributed by atoms with van der Waals surface area (Å²) in [6.45, 7) is 2.13. The Labute approximate surface area is 222 Å². The predicted octanol–water partition coefficient (Wildman–Crippen LogP) is 3.05. The molecule has 0 unspecified atom stereocenters. The molecule has 0 radical (unpaired) electrons. The number of aromatic nitrogens is 2. The number of ether oxygens (including phenoxy) is 3. The van der Waals surface area contributed by atoms with Gasteiger partial charge in [-0.1, -0.05) is 42.0 Å². The second-order valence-corrected chi connectivity index (χ2v) is 8.43. The van der Waals surface area contributed by atoms with Crippen molar-refractivity contribution in [3.8, 4) is 11.8 Å². The molecule has 3 rings (SSSR count). The zero-order valence-electron chi connectivity index (χ0n) is 21.4. The first-order chi connectivity index (χ1) is 18.6. The molecule has 13 heteroatoms. The van der Waals surface area contributed by atoms with Gasteiger partial charge in [0.15, 0.2) is 11.5 Å². The summed E-state index contributed by atoms with van der Waals surface area (Å²) < 4.78 is 54.4. The van der Waals surface area contributed by atoms with E-state index >= 15 is 0 Å². The van der Waals surface area contributed by atoms with Gasteiger partial charge in [0, 0.05) is 13.6 Å². The summed E-state index contributed by atoms with van der Waals surface area (Å²) in [6, 6.07) is 12.8. The lowest BCUT2D eigenvalue weighted by Crippen LogP contribution is -2.31. The number of imidazole rings is 1. The van der Waals surface area contributed by atoms with Crippen LogP contribution in [0.2, 0.25) is 0 Å². The van der Waals surface area contributed by atoms with Crippen LogP contribution in [0.4, 0.5) is 19.0 Å². The Morgan fingerprint density at radius 3 is 2.56 bits per heavy atom. The molecule has 10 nitrogen and oxygen atoms in total. The Bertz CT molecular complexity index is 1250. The van der Waals surface area contributed by atoms with Crippen molar-refractivity contribution in [2.45, 2.75) is 26.4 Å². The first-order valence-electron chi connectivity index (χ1n) is 11.9. The van der Waals surface area contributed by atoms with Crippen LogP contribution in [0.1, 0.15) is 27.2 Å². The van der Waals surface area contributed by atoms with Crippen LogP contribution in [0.3, 0.4) is 0 Å². The summed E-state index contributed by atoms with van der Waals surface area (Å²) >= 11 is 0. The number of alkyl halides is 3. The average Bonchev–Trinajstić information content (AvgIpc) is 3.25. The van der Waals surface area contributed by atoms with Crippen LogP contribution in [0.5, 0.6) is 11.8 Å². The van der Waals surface area contributed by atoms with Gasteiger partial charge in [0.05, 0.1) is 26.4 Å². The van der Waals surface area contributed by atoms with E-state index in [2.05, 4.69) is 15.0 Å². The van der Waals surface area contributed by atoms with Gasteiger partial charge in [-0.2, -0.15) is 4.98 Å². The van der Waals surface area contributed by atoms with Crippen LogP contribution in [-0.2, 0) is 22.7 Å². The molecular formula is C26H29F3N4O6. The minimum absolute atomic E-state index is 0.0232. The highest BCUT2D eigenvalue weighted by molar-refractivity contribution is 5.99. The summed E-state index contributed by atoms with van der Waals surface area (Å²) in [5.41, 5.74) is 2.24. The first kappa shape index (κ1) is 29.5. The molecule has 1 aromatic heterocycles. The van der Waals surface area contributed by atoms with E-state index in [9.17, 15) is 22.8 Å². The molecule has 2 amide bonds. The topological polar surface area (TPSA) is 115 Å². The van der Waals surface area contributed by atoms with E-state index in [1.807, 2.05) is 31.2 Å². The maximum Gasteiger partial charge on any atom is 0.573 e. The Hall–Kier alpha value is -4.10. The number of amides is 2. The number of halogens is 3. The molecule has 3 aromatic rings. The van der Waals surface area contributed by atoms with E-state index in [-0.39, 0.29) is 57.0 Å². The molecule has 210 valence electrons. The second kappa shape index (κ2) is 13.6. The highest BCUT2D eigenvalue weighted by Gasteiger charge is 2.31. The van der Waals surface area contributed by atoms with E-state index in [1.54, 1.807) is 6.07 Å². The third kappa shape index (κ3) is 8.72. The van der Waals surface area contributed by atoms with E-state index in [1.165, 1.54) is 29.8 Å². The molecule has 39 heavy (non-hydrogen) atoms. The van der Waals surface area contributed by atoms with Crippen LogP contribution >= 0.6 is 0 Å². The number of hydrogen-bond donors (Lipinski definition) is 2. The highest BCUT2D eigenvalue weighted by Crippen LogP contribution is 2.28. The van der Waals surface area contributed by atoms with E-state index < -0.39 is 18.0 Å². The number of rotatable bonds is 14. The van der Waals surface area contributed by atoms with E-state index in [4.69, 9.17) is 14.6 Å². The predicted molar refractivity (Wildman–Crippen MR) is 135 cm³/mol. The SMILES string of the molecule is Cc1ccc(Cn2c(OCc3cccc(OC(F)(F)F)c3)nc(N(C)C=O)c2C(=O)NCCOCCO)cc1. The van der Waals surface area contributed by atoms with E-state index in [0.29, 0.717) is 12.0 Å². The fourth-order valence-electron chi connectivity index (χ4n) is 3.54. The number of aliphatic hydroxyl groups excluding tert-OH is 1. The smallest absolute Gasteiger partial charge is 0.460 e. The van der Waals surface area contributed by atoms with Crippen LogP contribution in [0.25, 0.3) is 0 Å². The Morgan fingerprint density at radius 1 is 1.15 bits per heavy atom. The minimum atomic E-state index is -4.84. The number of anilines is 1.